The molecular weight excluding hydrogens is 395 g/mol. The summed E-state index contributed by atoms with van der Waals surface area (Å²) in [6.07, 6.45) is 0.522. The predicted octanol–water partition coefficient (Wildman–Crippen LogP) is 2.22. The zero-order valence-electron chi connectivity index (χ0n) is 18.5. The van der Waals surface area contributed by atoms with E-state index in [0.717, 1.165) is 42.1 Å². The van der Waals surface area contributed by atoms with E-state index < -0.39 is 0 Å². The average molecular weight is 427 g/mol. The number of piperazine rings is 1. The largest absolute Gasteiger partial charge is 0.390 e. The van der Waals surface area contributed by atoms with Crippen molar-refractivity contribution in [2.75, 3.05) is 37.6 Å². The SMILES string of the molecule is C[C@@H]1CN(CC(=O)N2CC(C)(C)c3nc(CO)c(Cc4ccc(F)cc4)cc32)CCN1. The Hall–Kier alpha value is -2.35. The fraction of sp³-hybridized carbons (Fsp3) is 0.500. The summed E-state index contributed by atoms with van der Waals surface area (Å²) in [6, 6.07) is 8.71. The molecule has 0 aliphatic carbocycles. The van der Waals surface area contributed by atoms with Crippen molar-refractivity contribution in [3.63, 3.8) is 0 Å². The normalized spacial score (nSPS) is 20.7. The number of rotatable bonds is 5. The second kappa shape index (κ2) is 8.65. The summed E-state index contributed by atoms with van der Waals surface area (Å²) in [5.74, 6) is -0.203. The van der Waals surface area contributed by atoms with Crippen molar-refractivity contribution in [3.8, 4) is 0 Å². The Morgan fingerprint density at radius 3 is 2.74 bits per heavy atom. The molecule has 1 aromatic carbocycles. The number of aromatic nitrogens is 1. The van der Waals surface area contributed by atoms with Gasteiger partial charge in [-0.05, 0) is 42.7 Å². The van der Waals surface area contributed by atoms with Gasteiger partial charge in [0.1, 0.15) is 5.82 Å². The Kier molecular flexibility index (Phi) is 6.10. The highest BCUT2D eigenvalue weighted by Gasteiger charge is 2.40. The van der Waals surface area contributed by atoms with Gasteiger partial charge in [0, 0.05) is 37.6 Å². The Morgan fingerprint density at radius 1 is 1.32 bits per heavy atom. The maximum Gasteiger partial charge on any atom is 0.241 e. The lowest BCUT2D eigenvalue weighted by atomic mass is 9.90. The third kappa shape index (κ3) is 4.63. The van der Waals surface area contributed by atoms with Crippen LogP contribution in [0.4, 0.5) is 10.1 Å². The molecule has 0 spiro atoms. The molecule has 4 rings (SSSR count). The molecule has 31 heavy (non-hydrogen) atoms. The number of aliphatic hydroxyl groups excluding tert-OH is 1. The third-order valence-electron chi connectivity index (χ3n) is 6.23. The summed E-state index contributed by atoms with van der Waals surface area (Å²) in [7, 11) is 0. The van der Waals surface area contributed by atoms with Crippen LogP contribution in [0.25, 0.3) is 0 Å². The van der Waals surface area contributed by atoms with Gasteiger partial charge in [0.05, 0.1) is 30.2 Å². The number of aliphatic hydroxyl groups is 1. The van der Waals surface area contributed by atoms with Crippen LogP contribution in [0.2, 0.25) is 0 Å². The molecule has 0 bridgehead atoms. The van der Waals surface area contributed by atoms with E-state index in [1.807, 2.05) is 11.0 Å². The fourth-order valence-electron chi connectivity index (χ4n) is 4.61. The van der Waals surface area contributed by atoms with Crippen LogP contribution in [0.1, 0.15) is 43.3 Å². The van der Waals surface area contributed by atoms with Crippen molar-refractivity contribution in [2.24, 2.45) is 0 Å². The molecule has 166 valence electrons. The molecule has 1 amide bonds. The molecule has 2 aromatic rings. The Balaban J connectivity index is 1.63. The zero-order chi connectivity index (χ0) is 22.2. The number of benzene rings is 1. The smallest absolute Gasteiger partial charge is 0.241 e. The lowest BCUT2D eigenvalue weighted by Crippen LogP contribution is -2.52. The van der Waals surface area contributed by atoms with E-state index in [1.165, 1.54) is 12.1 Å². The Morgan fingerprint density at radius 2 is 2.06 bits per heavy atom. The molecule has 2 aliphatic heterocycles. The highest BCUT2D eigenvalue weighted by atomic mass is 19.1. The molecule has 1 atom stereocenters. The molecule has 1 fully saturated rings. The standard InChI is InChI=1S/C24H31FN4O2/c1-16-12-28(9-8-26-16)13-22(31)29-15-24(2,3)23-21(29)11-18(20(14-30)27-23)10-17-4-6-19(25)7-5-17/h4-7,11,16,26,30H,8-10,12-15H2,1-3H3/t16-/m1/s1. The van der Waals surface area contributed by atoms with Crippen LogP contribution in [-0.4, -0.2) is 59.7 Å². The first-order chi connectivity index (χ1) is 14.8. The number of hydrogen-bond donors (Lipinski definition) is 2. The van der Waals surface area contributed by atoms with Gasteiger partial charge in [-0.3, -0.25) is 14.7 Å². The van der Waals surface area contributed by atoms with Crippen molar-refractivity contribution >= 4 is 11.6 Å². The lowest BCUT2D eigenvalue weighted by Gasteiger charge is -2.32. The van der Waals surface area contributed by atoms with Gasteiger partial charge in [-0.1, -0.05) is 26.0 Å². The summed E-state index contributed by atoms with van der Waals surface area (Å²) < 4.78 is 13.3. The molecule has 2 N–H and O–H groups in total. The maximum absolute atomic E-state index is 13.3. The number of fused-ring (bicyclic) bond motifs is 1. The molecule has 2 aliphatic rings. The van der Waals surface area contributed by atoms with E-state index >= 15 is 0 Å². The number of hydrogen-bond acceptors (Lipinski definition) is 5. The van der Waals surface area contributed by atoms with Crippen molar-refractivity contribution in [1.82, 2.24) is 15.2 Å². The van der Waals surface area contributed by atoms with E-state index in [9.17, 15) is 14.3 Å². The van der Waals surface area contributed by atoms with Crippen LogP contribution in [0, 0.1) is 5.82 Å². The quantitative estimate of drug-likeness (QED) is 0.768. The number of carbonyl (C=O) groups is 1. The van der Waals surface area contributed by atoms with Gasteiger partial charge in [-0.25, -0.2) is 4.39 Å². The molecule has 6 nitrogen and oxygen atoms in total. The number of anilines is 1. The molecule has 0 radical (unpaired) electrons. The van der Waals surface area contributed by atoms with E-state index in [-0.39, 0.29) is 23.7 Å². The van der Waals surface area contributed by atoms with Crippen LogP contribution in [0.15, 0.2) is 30.3 Å². The topological polar surface area (TPSA) is 68.7 Å². The summed E-state index contributed by atoms with van der Waals surface area (Å²) in [5, 5.41) is 13.3. The second-order valence-electron chi connectivity index (χ2n) is 9.38. The van der Waals surface area contributed by atoms with Crippen LogP contribution >= 0.6 is 0 Å². The summed E-state index contributed by atoms with van der Waals surface area (Å²) in [4.78, 5) is 22.1. The monoisotopic (exact) mass is 426 g/mol. The first-order valence-corrected chi connectivity index (χ1v) is 10.9. The van der Waals surface area contributed by atoms with Gasteiger partial charge >= 0.3 is 0 Å². The Bertz CT molecular complexity index is 961. The maximum atomic E-state index is 13.3. The second-order valence-corrected chi connectivity index (χ2v) is 9.38. The minimum Gasteiger partial charge on any atom is -0.390 e. The van der Waals surface area contributed by atoms with Gasteiger partial charge in [0.25, 0.3) is 0 Å². The van der Waals surface area contributed by atoms with Crippen molar-refractivity contribution in [1.29, 1.82) is 0 Å². The highest BCUT2D eigenvalue weighted by Crippen LogP contribution is 2.40. The third-order valence-corrected chi connectivity index (χ3v) is 6.23. The first-order valence-electron chi connectivity index (χ1n) is 10.9. The van der Waals surface area contributed by atoms with Crippen molar-refractivity contribution in [2.45, 2.75) is 45.3 Å². The zero-order valence-corrected chi connectivity index (χ0v) is 18.5. The summed E-state index contributed by atoms with van der Waals surface area (Å²) in [5.41, 5.74) is 3.79. The number of halogens is 1. The molecule has 1 saturated heterocycles. The molecule has 3 heterocycles. The molecule has 7 heteroatoms. The summed E-state index contributed by atoms with van der Waals surface area (Å²) in [6.45, 7) is 9.68. The van der Waals surface area contributed by atoms with Gasteiger partial charge in [0.15, 0.2) is 0 Å². The molecule has 0 saturated carbocycles. The van der Waals surface area contributed by atoms with Crippen molar-refractivity contribution in [3.05, 3.63) is 58.7 Å². The number of pyridine rings is 1. The fourth-order valence-corrected chi connectivity index (χ4v) is 4.61. The minimum atomic E-state index is -0.292. The van der Waals surface area contributed by atoms with Gasteiger partial charge in [-0.15, -0.1) is 0 Å². The van der Waals surface area contributed by atoms with E-state index in [0.29, 0.717) is 31.2 Å². The van der Waals surface area contributed by atoms with Crippen LogP contribution in [0.5, 0.6) is 0 Å². The highest BCUT2D eigenvalue weighted by molar-refractivity contribution is 5.97. The van der Waals surface area contributed by atoms with Crippen LogP contribution < -0.4 is 10.2 Å². The molecule has 1 aromatic heterocycles. The first kappa shape index (κ1) is 21.9. The minimum absolute atomic E-state index is 0.0761. The van der Waals surface area contributed by atoms with Gasteiger partial charge in [0.2, 0.25) is 5.91 Å². The summed E-state index contributed by atoms with van der Waals surface area (Å²) >= 11 is 0. The van der Waals surface area contributed by atoms with Crippen molar-refractivity contribution < 1.29 is 14.3 Å². The lowest BCUT2D eigenvalue weighted by molar-refractivity contribution is -0.120. The number of amides is 1. The average Bonchev–Trinajstić information content (AvgIpc) is 2.99. The van der Waals surface area contributed by atoms with Gasteiger partial charge in [-0.2, -0.15) is 0 Å². The van der Waals surface area contributed by atoms with E-state index in [2.05, 4.69) is 31.0 Å². The van der Waals surface area contributed by atoms with Gasteiger partial charge < -0.3 is 15.3 Å². The number of carbonyl (C=O) groups excluding carboxylic acids is 1. The molecule has 0 unspecified atom stereocenters. The van der Waals surface area contributed by atoms with Crippen LogP contribution in [0.3, 0.4) is 0 Å². The molecular formula is C24H31FN4O2. The van der Waals surface area contributed by atoms with E-state index in [1.54, 1.807) is 12.1 Å². The number of nitrogens with one attached hydrogen (secondary N) is 1. The predicted molar refractivity (Wildman–Crippen MR) is 119 cm³/mol. The van der Waals surface area contributed by atoms with E-state index in [4.69, 9.17) is 4.98 Å². The number of nitrogens with zero attached hydrogens (tertiary/aromatic N) is 3. The Labute approximate surface area is 183 Å². The van der Waals surface area contributed by atoms with Crippen LogP contribution in [-0.2, 0) is 23.2 Å².